The molecule has 0 aliphatic carbocycles. The summed E-state index contributed by atoms with van der Waals surface area (Å²) in [4.78, 5) is 25.5. The summed E-state index contributed by atoms with van der Waals surface area (Å²) >= 11 is 1.42. The molecular weight excluding hydrogens is 352 g/mol. The van der Waals surface area contributed by atoms with Crippen LogP contribution in [0.3, 0.4) is 0 Å². The average Bonchev–Trinajstić information content (AvgIpc) is 3.14. The molecule has 130 valence electrons. The molecule has 1 saturated heterocycles. The monoisotopic (exact) mass is 365 g/mol. The van der Waals surface area contributed by atoms with Crippen molar-refractivity contribution in [1.29, 1.82) is 0 Å². The number of benzene rings is 1. The third kappa shape index (κ3) is 3.36. The summed E-state index contributed by atoms with van der Waals surface area (Å²) in [5.41, 5.74) is -0.908. The van der Waals surface area contributed by atoms with Gasteiger partial charge in [-0.05, 0) is 36.1 Å². The molecule has 1 fully saturated rings. The zero-order valence-corrected chi connectivity index (χ0v) is 13.8. The third-order valence-electron chi connectivity index (χ3n) is 3.67. The van der Waals surface area contributed by atoms with Crippen molar-refractivity contribution in [2.75, 3.05) is 0 Å². The Labute approximate surface area is 145 Å². The molecule has 6 nitrogen and oxygen atoms in total. The highest BCUT2D eigenvalue weighted by Crippen LogP contribution is 2.30. The molecule has 0 spiro atoms. The van der Waals surface area contributed by atoms with Gasteiger partial charge in [0.25, 0.3) is 5.91 Å². The normalized spacial score (nSPS) is 20.6. The lowest BCUT2D eigenvalue weighted by Crippen LogP contribution is -2.40. The molecule has 9 heteroatoms. The second-order valence-electron chi connectivity index (χ2n) is 5.33. The van der Waals surface area contributed by atoms with Crippen LogP contribution in [0.1, 0.15) is 17.4 Å². The molecule has 1 N–H and O–H groups in total. The van der Waals surface area contributed by atoms with Crippen molar-refractivity contribution in [3.63, 3.8) is 0 Å². The van der Waals surface area contributed by atoms with E-state index in [1.54, 1.807) is 6.07 Å². The first kappa shape index (κ1) is 17.0. The Kier molecular flexibility index (Phi) is 4.49. The number of thiophene rings is 1. The summed E-state index contributed by atoms with van der Waals surface area (Å²) < 4.78 is 28.7. The van der Waals surface area contributed by atoms with Gasteiger partial charge in [-0.2, -0.15) is 13.9 Å². The van der Waals surface area contributed by atoms with Crippen LogP contribution in [-0.4, -0.2) is 29.8 Å². The van der Waals surface area contributed by atoms with E-state index in [0.717, 1.165) is 9.89 Å². The minimum Gasteiger partial charge on any atom is -0.435 e. The third-order valence-corrected chi connectivity index (χ3v) is 4.48. The summed E-state index contributed by atoms with van der Waals surface area (Å²) in [5, 5.41) is 9.11. The molecular formula is C16H13F2N3O3S. The van der Waals surface area contributed by atoms with Gasteiger partial charge < -0.3 is 10.1 Å². The quantitative estimate of drug-likeness (QED) is 0.654. The lowest BCUT2D eigenvalue weighted by molar-refractivity contribution is -0.131. The van der Waals surface area contributed by atoms with Crippen molar-refractivity contribution in [2.45, 2.75) is 19.1 Å². The number of carbonyl (C=O) groups is 2. The van der Waals surface area contributed by atoms with Crippen LogP contribution >= 0.6 is 11.3 Å². The summed E-state index contributed by atoms with van der Waals surface area (Å²) in [6, 6.07) is 8.48. The minimum atomic E-state index is -2.93. The number of nitrogens with one attached hydrogen (secondary N) is 1. The van der Waals surface area contributed by atoms with Gasteiger partial charge in [-0.3, -0.25) is 4.79 Å². The predicted octanol–water partition coefficient (Wildman–Crippen LogP) is 3.15. The van der Waals surface area contributed by atoms with E-state index in [4.69, 9.17) is 0 Å². The molecule has 25 heavy (non-hydrogen) atoms. The van der Waals surface area contributed by atoms with Crippen LogP contribution in [-0.2, 0) is 10.3 Å². The summed E-state index contributed by atoms with van der Waals surface area (Å²) in [6.07, 6.45) is 1.42. The molecule has 1 aromatic carbocycles. The van der Waals surface area contributed by atoms with Gasteiger partial charge in [-0.15, -0.1) is 16.3 Å². The van der Waals surface area contributed by atoms with Crippen LogP contribution in [0.25, 0.3) is 0 Å². The molecule has 1 atom stereocenters. The SMILES string of the molecule is CC1(c2ccc(OC(F)F)cc2)NC(=O)N(/N=C/c2cccs2)C1=O. The number of hydrogen-bond donors (Lipinski definition) is 1. The van der Waals surface area contributed by atoms with Crippen LogP contribution in [0.5, 0.6) is 5.75 Å². The fraction of sp³-hybridized carbons (Fsp3) is 0.188. The smallest absolute Gasteiger partial charge is 0.387 e. The summed E-state index contributed by atoms with van der Waals surface area (Å²) in [5.74, 6) is -0.598. The van der Waals surface area contributed by atoms with Crippen LogP contribution in [0.15, 0.2) is 46.9 Å². The van der Waals surface area contributed by atoms with Gasteiger partial charge in [0.15, 0.2) is 0 Å². The first-order valence-corrected chi connectivity index (χ1v) is 8.07. The maximum atomic E-state index is 12.6. The van der Waals surface area contributed by atoms with Gasteiger partial charge in [-0.25, -0.2) is 4.79 Å². The molecule has 0 bridgehead atoms. The fourth-order valence-electron chi connectivity index (χ4n) is 2.37. The van der Waals surface area contributed by atoms with E-state index in [-0.39, 0.29) is 5.75 Å². The van der Waals surface area contributed by atoms with E-state index in [9.17, 15) is 18.4 Å². The molecule has 3 rings (SSSR count). The highest BCUT2D eigenvalue weighted by atomic mass is 32.1. The van der Waals surface area contributed by atoms with Crippen molar-refractivity contribution in [3.8, 4) is 5.75 Å². The van der Waals surface area contributed by atoms with Crippen molar-refractivity contribution in [3.05, 3.63) is 52.2 Å². The van der Waals surface area contributed by atoms with Crippen molar-refractivity contribution in [2.24, 2.45) is 5.10 Å². The van der Waals surface area contributed by atoms with E-state index < -0.39 is 24.1 Å². The second kappa shape index (κ2) is 6.60. The molecule has 3 amide bonds. The van der Waals surface area contributed by atoms with Gasteiger partial charge in [0, 0.05) is 4.88 Å². The highest BCUT2D eigenvalue weighted by Gasteiger charge is 2.49. The van der Waals surface area contributed by atoms with Crippen molar-refractivity contribution >= 4 is 29.5 Å². The van der Waals surface area contributed by atoms with E-state index in [1.807, 2.05) is 11.4 Å². The first-order chi connectivity index (χ1) is 11.9. The number of nitrogens with zero attached hydrogens (tertiary/aromatic N) is 2. The van der Waals surface area contributed by atoms with Gasteiger partial charge in [-0.1, -0.05) is 18.2 Å². The lowest BCUT2D eigenvalue weighted by Gasteiger charge is -2.21. The molecule has 1 aliphatic heterocycles. The Hall–Kier alpha value is -2.81. The van der Waals surface area contributed by atoms with E-state index in [0.29, 0.717) is 5.56 Å². The topological polar surface area (TPSA) is 71.0 Å². The zero-order chi connectivity index (χ0) is 18.0. The molecule has 1 unspecified atom stereocenters. The molecule has 2 aromatic rings. The molecule has 1 aliphatic rings. The number of hydrazone groups is 1. The Balaban J connectivity index is 1.81. The molecule has 2 heterocycles. The lowest BCUT2D eigenvalue weighted by atomic mass is 9.92. The Morgan fingerprint density at radius 3 is 2.60 bits per heavy atom. The molecule has 1 aromatic heterocycles. The minimum absolute atomic E-state index is 0.0355. The summed E-state index contributed by atoms with van der Waals surface area (Å²) in [7, 11) is 0. The number of amides is 3. The Bertz CT molecular complexity index is 809. The maximum absolute atomic E-state index is 12.6. The number of urea groups is 1. The van der Waals surface area contributed by atoms with Crippen molar-refractivity contribution in [1.82, 2.24) is 10.3 Å². The highest BCUT2D eigenvalue weighted by molar-refractivity contribution is 7.11. The van der Waals surface area contributed by atoms with Crippen LogP contribution in [0, 0.1) is 0 Å². The summed E-state index contributed by atoms with van der Waals surface area (Å²) in [6.45, 7) is -1.41. The first-order valence-electron chi connectivity index (χ1n) is 7.20. The number of carbonyl (C=O) groups excluding carboxylic acids is 2. The number of hydrogen-bond acceptors (Lipinski definition) is 5. The van der Waals surface area contributed by atoms with E-state index in [2.05, 4.69) is 15.2 Å². The van der Waals surface area contributed by atoms with Gasteiger partial charge in [0.05, 0.1) is 6.21 Å². The van der Waals surface area contributed by atoms with E-state index in [1.165, 1.54) is 48.7 Å². The zero-order valence-electron chi connectivity index (χ0n) is 13.0. The fourth-order valence-corrected chi connectivity index (χ4v) is 2.95. The van der Waals surface area contributed by atoms with Crippen molar-refractivity contribution < 1.29 is 23.1 Å². The second-order valence-corrected chi connectivity index (χ2v) is 6.31. The van der Waals surface area contributed by atoms with Gasteiger partial charge in [0.2, 0.25) is 0 Å². The molecule has 0 saturated carbocycles. The number of halogens is 2. The Morgan fingerprint density at radius 1 is 1.28 bits per heavy atom. The number of alkyl halides is 2. The van der Waals surface area contributed by atoms with Crippen LogP contribution < -0.4 is 10.1 Å². The van der Waals surface area contributed by atoms with E-state index >= 15 is 0 Å². The van der Waals surface area contributed by atoms with Gasteiger partial charge >= 0.3 is 12.6 Å². The average molecular weight is 365 g/mol. The Morgan fingerprint density at radius 2 is 2.00 bits per heavy atom. The standard InChI is InChI=1S/C16H13F2N3O3S/c1-16(10-4-6-11(7-5-10)24-14(17)18)13(22)21(15(23)20-16)19-9-12-3-2-8-25-12/h2-9,14H,1H3,(H,20,23)/b19-9+. The number of rotatable bonds is 5. The number of ether oxygens (including phenoxy) is 1. The largest absolute Gasteiger partial charge is 0.435 e. The van der Waals surface area contributed by atoms with Crippen LogP contribution in [0.4, 0.5) is 13.6 Å². The molecule has 0 radical (unpaired) electrons. The predicted molar refractivity (Wildman–Crippen MR) is 87.7 cm³/mol. The van der Waals surface area contributed by atoms with Crippen LogP contribution in [0.2, 0.25) is 0 Å². The number of imide groups is 1. The maximum Gasteiger partial charge on any atom is 0.387 e. The van der Waals surface area contributed by atoms with Gasteiger partial charge in [0.1, 0.15) is 11.3 Å².